The predicted octanol–water partition coefficient (Wildman–Crippen LogP) is 1.29. The molecule has 0 bridgehead atoms. The van der Waals surface area contributed by atoms with E-state index in [1.54, 1.807) is 20.8 Å². The van der Waals surface area contributed by atoms with Crippen LogP contribution >= 0.6 is 0 Å². The van der Waals surface area contributed by atoms with Gasteiger partial charge in [-0.05, 0) is 39.2 Å². The highest BCUT2D eigenvalue weighted by Gasteiger charge is 2.26. The van der Waals surface area contributed by atoms with Crippen LogP contribution in [0.15, 0.2) is 30.3 Å². The lowest BCUT2D eigenvalue weighted by Crippen LogP contribution is -2.52. The summed E-state index contributed by atoms with van der Waals surface area (Å²) in [5, 5.41) is 9.16. The second kappa shape index (κ2) is 7.02. The molecule has 1 atom stereocenters. The van der Waals surface area contributed by atoms with Gasteiger partial charge < -0.3 is 5.11 Å². The number of carboxylic acids is 1. The molecule has 0 amide bonds. The largest absolute Gasteiger partial charge is 0.480 e. The Labute approximate surface area is 125 Å². The number of hydrogen-bond acceptors (Lipinski definition) is 3. The second-order valence-corrected chi connectivity index (χ2v) is 7.34. The molecule has 0 aliphatic rings. The fourth-order valence-electron chi connectivity index (χ4n) is 1.81. The van der Waals surface area contributed by atoms with Gasteiger partial charge in [0.05, 0.1) is 0 Å². The van der Waals surface area contributed by atoms with Crippen molar-refractivity contribution in [2.24, 2.45) is 0 Å². The monoisotopic (exact) mass is 314 g/mol. The van der Waals surface area contributed by atoms with Crippen LogP contribution in [-0.2, 0) is 21.4 Å². The molecule has 0 saturated carbocycles. The summed E-state index contributed by atoms with van der Waals surface area (Å²) < 4.78 is 28.3. The molecular formula is C14H22N2O4S. The number of aliphatic carboxylic acids is 1. The molecule has 1 unspecified atom stereocenters. The van der Waals surface area contributed by atoms with E-state index in [1.807, 2.05) is 30.3 Å². The van der Waals surface area contributed by atoms with E-state index < -0.39 is 27.8 Å². The molecule has 6 nitrogen and oxygen atoms in total. The number of hydrogen-bond donors (Lipinski definition) is 3. The van der Waals surface area contributed by atoms with Crippen molar-refractivity contribution >= 4 is 16.2 Å². The van der Waals surface area contributed by atoms with Gasteiger partial charge in [0.15, 0.2) is 0 Å². The molecule has 0 heterocycles. The normalized spacial score (nSPS) is 13.9. The van der Waals surface area contributed by atoms with Crippen molar-refractivity contribution < 1.29 is 18.3 Å². The van der Waals surface area contributed by atoms with Gasteiger partial charge in [-0.25, -0.2) is 0 Å². The average Bonchev–Trinajstić information content (AvgIpc) is 2.32. The van der Waals surface area contributed by atoms with E-state index in [1.165, 1.54) is 0 Å². The van der Waals surface area contributed by atoms with Gasteiger partial charge in [-0.1, -0.05) is 30.3 Å². The zero-order valence-electron chi connectivity index (χ0n) is 12.5. The minimum absolute atomic E-state index is 0.185. The average molecular weight is 314 g/mol. The molecule has 0 spiro atoms. The number of carboxylic acid groups (broad SMARTS) is 1. The molecule has 0 fully saturated rings. The highest BCUT2D eigenvalue weighted by molar-refractivity contribution is 7.87. The first kappa shape index (κ1) is 17.6. The van der Waals surface area contributed by atoms with Gasteiger partial charge >= 0.3 is 5.97 Å². The molecule has 118 valence electrons. The van der Waals surface area contributed by atoms with E-state index in [-0.39, 0.29) is 6.42 Å². The summed E-state index contributed by atoms with van der Waals surface area (Å²) in [4.78, 5) is 11.2. The van der Waals surface area contributed by atoms with Crippen molar-refractivity contribution in [1.29, 1.82) is 0 Å². The van der Waals surface area contributed by atoms with E-state index in [0.717, 1.165) is 5.56 Å². The zero-order valence-corrected chi connectivity index (χ0v) is 13.3. The predicted molar refractivity (Wildman–Crippen MR) is 81.1 cm³/mol. The van der Waals surface area contributed by atoms with Crippen LogP contribution in [0.4, 0.5) is 0 Å². The van der Waals surface area contributed by atoms with Crippen molar-refractivity contribution in [2.45, 2.75) is 45.2 Å². The fraction of sp³-hybridized carbons (Fsp3) is 0.500. The third kappa shape index (κ3) is 7.22. The van der Waals surface area contributed by atoms with Crippen LogP contribution in [0, 0.1) is 0 Å². The Morgan fingerprint density at radius 3 is 2.29 bits per heavy atom. The number of aryl methyl sites for hydroxylation is 1. The zero-order chi connectivity index (χ0) is 16.1. The van der Waals surface area contributed by atoms with E-state index in [4.69, 9.17) is 5.11 Å². The van der Waals surface area contributed by atoms with Crippen molar-refractivity contribution in [3.05, 3.63) is 35.9 Å². The molecule has 0 radical (unpaired) electrons. The van der Waals surface area contributed by atoms with Crippen LogP contribution in [0.25, 0.3) is 0 Å². The summed E-state index contributed by atoms with van der Waals surface area (Å²) in [5.74, 6) is -1.19. The summed E-state index contributed by atoms with van der Waals surface area (Å²) >= 11 is 0. The standard InChI is InChI=1S/C14H22N2O4S/c1-14(2,3)16-21(19,20)15-12(13(17)18)10-9-11-7-5-4-6-8-11/h4-8,12,15-16H,9-10H2,1-3H3,(H,17,18). The molecule has 0 aromatic heterocycles. The van der Waals surface area contributed by atoms with Crippen molar-refractivity contribution in [3.8, 4) is 0 Å². The molecule has 3 N–H and O–H groups in total. The van der Waals surface area contributed by atoms with Crippen LogP contribution in [0.5, 0.6) is 0 Å². The SMILES string of the molecule is CC(C)(C)NS(=O)(=O)NC(CCc1ccccc1)C(=O)O. The van der Waals surface area contributed by atoms with Crippen molar-refractivity contribution in [2.75, 3.05) is 0 Å². The van der Waals surface area contributed by atoms with Crippen molar-refractivity contribution in [3.63, 3.8) is 0 Å². The summed E-state index contributed by atoms with van der Waals surface area (Å²) in [6, 6.07) is 8.17. The lowest BCUT2D eigenvalue weighted by molar-refractivity contribution is -0.139. The van der Waals surface area contributed by atoms with E-state index >= 15 is 0 Å². The Morgan fingerprint density at radius 1 is 1.24 bits per heavy atom. The van der Waals surface area contributed by atoms with Gasteiger partial charge in [-0.2, -0.15) is 17.9 Å². The van der Waals surface area contributed by atoms with Crippen molar-refractivity contribution in [1.82, 2.24) is 9.44 Å². The summed E-state index contributed by atoms with van der Waals surface area (Å²) in [6.45, 7) is 5.06. The number of rotatable bonds is 7. The Kier molecular flexibility index (Phi) is 5.88. The van der Waals surface area contributed by atoms with Crippen LogP contribution in [0.2, 0.25) is 0 Å². The number of nitrogens with one attached hydrogen (secondary N) is 2. The van der Waals surface area contributed by atoms with Gasteiger partial charge in [0, 0.05) is 5.54 Å². The second-order valence-electron chi connectivity index (χ2n) is 5.89. The highest BCUT2D eigenvalue weighted by atomic mass is 32.2. The quantitative estimate of drug-likeness (QED) is 0.707. The highest BCUT2D eigenvalue weighted by Crippen LogP contribution is 2.07. The molecule has 21 heavy (non-hydrogen) atoms. The first-order valence-electron chi connectivity index (χ1n) is 6.67. The van der Waals surface area contributed by atoms with E-state index in [9.17, 15) is 13.2 Å². The smallest absolute Gasteiger partial charge is 0.321 e. The third-order valence-corrected chi connectivity index (χ3v) is 4.08. The van der Waals surface area contributed by atoms with E-state index in [0.29, 0.717) is 6.42 Å². The van der Waals surface area contributed by atoms with Crippen LogP contribution in [0.1, 0.15) is 32.8 Å². The van der Waals surface area contributed by atoms with Crippen LogP contribution < -0.4 is 9.44 Å². The minimum atomic E-state index is -3.87. The number of benzene rings is 1. The van der Waals surface area contributed by atoms with Gasteiger partial charge in [0.2, 0.25) is 0 Å². The summed E-state index contributed by atoms with van der Waals surface area (Å²) in [6.07, 6.45) is 0.667. The minimum Gasteiger partial charge on any atom is -0.480 e. The molecule has 0 aliphatic heterocycles. The van der Waals surface area contributed by atoms with Crippen LogP contribution in [0.3, 0.4) is 0 Å². The number of carbonyl (C=O) groups is 1. The maximum Gasteiger partial charge on any atom is 0.321 e. The maximum absolute atomic E-state index is 11.9. The third-order valence-electron chi connectivity index (χ3n) is 2.60. The summed E-state index contributed by atoms with van der Waals surface area (Å²) in [7, 11) is -3.87. The molecular weight excluding hydrogens is 292 g/mol. The first-order chi connectivity index (χ1) is 9.59. The lowest BCUT2D eigenvalue weighted by atomic mass is 10.1. The topological polar surface area (TPSA) is 95.5 Å². The van der Waals surface area contributed by atoms with Gasteiger partial charge in [-0.3, -0.25) is 4.79 Å². The first-order valence-corrected chi connectivity index (χ1v) is 8.15. The molecule has 0 saturated heterocycles. The molecule has 7 heteroatoms. The van der Waals surface area contributed by atoms with Gasteiger partial charge in [-0.15, -0.1) is 0 Å². The Bertz CT molecular complexity index is 564. The lowest BCUT2D eigenvalue weighted by Gasteiger charge is -2.22. The van der Waals surface area contributed by atoms with E-state index in [2.05, 4.69) is 9.44 Å². The van der Waals surface area contributed by atoms with Gasteiger partial charge in [0.25, 0.3) is 10.2 Å². The molecule has 0 aliphatic carbocycles. The Balaban J connectivity index is 2.68. The molecule has 1 aromatic rings. The Morgan fingerprint density at radius 2 is 1.81 bits per heavy atom. The Hall–Kier alpha value is -1.44. The van der Waals surface area contributed by atoms with Crippen LogP contribution in [-0.4, -0.2) is 31.1 Å². The maximum atomic E-state index is 11.9. The van der Waals surface area contributed by atoms with Gasteiger partial charge in [0.1, 0.15) is 6.04 Å². The molecule has 1 aromatic carbocycles. The fourth-order valence-corrected chi connectivity index (χ4v) is 3.27. The summed E-state index contributed by atoms with van der Waals surface area (Å²) in [5.41, 5.74) is 0.292. The molecule has 1 rings (SSSR count).